The molecule has 0 unspecified atom stereocenters. The number of carbonyl (C=O) groups excluding carboxylic acids is 3. The van der Waals surface area contributed by atoms with E-state index >= 15 is 0 Å². The van der Waals surface area contributed by atoms with Crippen LogP contribution in [-0.4, -0.2) is 48.3 Å². The molecule has 3 aromatic heterocycles. The number of hydrogen-bond donors (Lipinski definition) is 3. The maximum Gasteiger partial charge on any atom is 0.335 e. The number of carboxylic acid groups (broad SMARTS) is 1. The molecule has 2 amide bonds. The fourth-order valence-electron chi connectivity index (χ4n) is 5.43. The Morgan fingerprint density at radius 1 is 1.07 bits per heavy atom. The molecular formula is C31H24F2N6O5S. The van der Waals surface area contributed by atoms with Crippen molar-refractivity contribution in [3.63, 3.8) is 0 Å². The van der Waals surface area contributed by atoms with Gasteiger partial charge in [-0.2, -0.15) is 5.10 Å². The van der Waals surface area contributed by atoms with Crippen molar-refractivity contribution in [1.29, 1.82) is 0 Å². The number of hydrogen-bond acceptors (Lipinski definition) is 8. The van der Waals surface area contributed by atoms with Crippen LogP contribution >= 0.6 is 11.3 Å². The van der Waals surface area contributed by atoms with Crippen molar-refractivity contribution in [2.75, 3.05) is 0 Å². The number of ketones is 1. The number of benzene rings is 2. The Labute approximate surface area is 258 Å². The predicted octanol–water partition coefficient (Wildman–Crippen LogP) is 4.24. The van der Waals surface area contributed by atoms with E-state index in [4.69, 9.17) is 0 Å². The van der Waals surface area contributed by atoms with Crippen LogP contribution in [0.1, 0.15) is 81.4 Å². The van der Waals surface area contributed by atoms with E-state index in [1.54, 1.807) is 24.6 Å². The van der Waals surface area contributed by atoms with Gasteiger partial charge in [0.2, 0.25) is 0 Å². The van der Waals surface area contributed by atoms with E-state index in [-0.39, 0.29) is 46.9 Å². The molecule has 1 aliphatic carbocycles. The van der Waals surface area contributed by atoms with Crippen molar-refractivity contribution in [1.82, 2.24) is 30.2 Å². The SMILES string of the molecule is Cc1c(C(=O)O)ccc2c1CC[C@@H]2NC(=O)c1cc(C(=O)NCc2ccc(F)c(F)c2)nc2c(C(=O)Cc3nccs3)cnn12. The van der Waals surface area contributed by atoms with Gasteiger partial charge in [-0.1, -0.05) is 12.1 Å². The highest BCUT2D eigenvalue weighted by Gasteiger charge is 2.29. The quantitative estimate of drug-likeness (QED) is 0.204. The zero-order chi connectivity index (χ0) is 31.8. The van der Waals surface area contributed by atoms with E-state index < -0.39 is 35.5 Å². The molecule has 11 nitrogen and oxygen atoms in total. The number of nitrogens with one attached hydrogen (secondary N) is 2. The van der Waals surface area contributed by atoms with Gasteiger partial charge >= 0.3 is 5.97 Å². The molecule has 228 valence electrons. The lowest BCUT2D eigenvalue weighted by Crippen LogP contribution is -2.31. The fraction of sp³-hybridized carbons (Fsp3) is 0.194. The van der Waals surface area contributed by atoms with Crippen LogP contribution in [0.2, 0.25) is 0 Å². The van der Waals surface area contributed by atoms with Crippen LogP contribution in [0.5, 0.6) is 0 Å². The molecule has 0 radical (unpaired) electrons. The molecule has 0 spiro atoms. The Kier molecular flexibility index (Phi) is 7.89. The minimum absolute atomic E-state index is 0.0176. The van der Waals surface area contributed by atoms with E-state index in [2.05, 4.69) is 25.7 Å². The second-order valence-electron chi connectivity index (χ2n) is 10.5. The van der Waals surface area contributed by atoms with E-state index in [1.165, 1.54) is 40.2 Å². The first-order valence-electron chi connectivity index (χ1n) is 13.8. The van der Waals surface area contributed by atoms with Crippen LogP contribution in [0.3, 0.4) is 0 Å². The third kappa shape index (κ3) is 5.79. The van der Waals surface area contributed by atoms with Crippen LogP contribution in [-0.2, 0) is 19.4 Å². The monoisotopic (exact) mass is 630 g/mol. The predicted molar refractivity (Wildman–Crippen MR) is 157 cm³/mol. The van der Waals surface area contributed by atoms with E-state index in [9.17, 15) is 33.1 Å². The molecule has 14 heteroatoms. The summed E-state index contributed by atoms with van der Waals surface area (Å²) < 4.78 is 28.2. The van der Waals surface area contributed by atoms with E-state index in [0.717, 1.165) is 23.3 Å². The van der Waals surface area contributed by atoms with Gasteiger partial charge in [0.05, 0.1) is 29.8 Å². The molecule has 0 saturated carbocycles. The molecule has 0 fully saturated rings. The van der Waals surface area contributed by atoms with Gasteiger partial charge in [-0.15, -0.1) is 11.3 Å². The molecule has 45 heavy (non-hydrogen) atoms. The van der Waals surface area contributed by atoms with Crippen molar-refractivity contribution in [3.05, 3.63) is 116 Å². The summed E-state index contributed by atoms with van der Waals surface area (Å²) in [6.07, 6.45) is 3.90. The summed E-state index contributed by atoms with van der Waals surface area (Å²) in [4.78, 5) is 60.3. The molecule has 6 rings (SSSR count). The lowest BCUT2D eigenvalue weighted by Gasteiger charge is -2.16. The average Bonchev–Trinajstić information content (AvgIpc) is 3.78. The van der Waals surface area contributed by atoms with Gasteiger partial charge in [-0.05, 0) is 60.2 Å². The highest BCUT2D eigenvalue weighted by atomic mass is 32.1. The maximum absolute atomic E-state index is 13.7. The number of aromatic nitrogens is 4. The first kappa shape index (κ1) is 29.7. The summed E-state index contributed by atoms with van der Waals surface area (Å²) in [5, 5.41) is 21.6. The third-order valence-electron chi connectivity index (χ3n) is 7.70. The van der Waals surface area contributed by atoms with Gasteiger partial charge in [-0.25, -0.2) is 28.1 Å². The van der Waals surface area contributed by atoms with Crippen LogP contribution in [0.25, 0.3) is 5.65 Å². The fourth-order valence-corrected chi connectivity index (χ4v) is 6.04. The zero-order valence-corrected chi connectivity index (χ0v) is 24.5. The average molecular weight is 631 g/mol. The van der Waals surface area contributed by atoms with Crippen LogP contribution < -0.4 is 10.6 Å². The van der Waals surface area contributed by atoms with Crippen molar-refractivity contribution in [2.45, 2.75) is 38.8 Å². The standard InChI is InChI=1S/C31H24F2N6O5S/c1-15-17-5-7-23(19(17)4-3-18(15)31(43)44)38-30(42)25-11-24(29(41)35-13-16-2-6-21(32)22(33)10-16)37-28-20(14-36-39(25)28)26(40)12-27-34-8-9-45-27/h2-4,6,8-11,14,23H,5,7,12-13H2,1H3,(H,35,41)(H,38,42)(H,43,44)/t23-/m0/s1. The summed E-state index contributed by atoms with van der Waals surface area (Å²) in [6.45, 7) is 1.58. The third-order valence-corrected chi connectivity index (χ3v) is 8.48. The van der Waals surface area contributed by atoms with E-state index in [1.807, 2.05) is 0 Å². The first-order valence-corrected chi connectivity index (χ1v) is 14.7. The molecule has 1 atom stereocenters. The number of rotatable bonds is 9. The second kappa shape index (κ2) is 12.0. The number of halogens is 2. The molecule has 5 aromatic rings. The topological polar surface area (TPSA) is 156 Å². The van der Waals surface area contributed by atoms with Gasteiger partial charge < -0.3 is 15.7 Å². The Bertz CT molecular complexity index is 2010. The van der Waals surface area contributed by atoms with Crippen molar-refractivity contribution in [2.24, 2.45) is 0 Å². The largest absolute Gasteiger partial charge is 0.478 e. The number of nitrogens with zero attached hydrogens (tertiary/aromatic N) is 4. The van der Waals surface area contributed by atoms with Crippen LogP contribution in [0, 0.1) is 18.6 Å². The maximum atomic E-state index is 13.7. The number of carbonyl (C=O) groups is 4. The van der Waals surface area contributed by atoms with Crippen molar-refractivity contribution >= 4 is 40.6 Å². The summed E-state index contributed by atoms with van der Waals surface area (Å²) >= 11 is 1.30. The lowest BCUT2D eigenvalue weighted by molar-refractivity contribution is 0.0695. The molecule has 1 aliphatic rings. The Morgan fingerprint density at radius 2 is 1.89 bits per heavy atom. The number of aromatic carboxylic acids is 1. The lowest BCUT2D eigenvalue weighted by atomic mass is 9.98. The normalized spacial score (nSPS) is 13.9. The van der Waals surface area contributed by atoms with Gasteiger partial charge in [0.1, 0.15) is 16.4 Å². The molecule has 0 aliphatic heterocycles. The summed E-state index contributed by atoms with van der Waals surface area (Å²) in [5.41, 5.74) is 2.57. The van der Waals surface area contributed by atoms with E-state index in [0.29, 0.717) is 29.0 Å². The van der Waals surface area contributed by atoms with Crippen LogP contribution in [0.4, 0.5) is 8.78 Å². The number of Topliss-reactive ketones (excluding diaryl/α,β-unsaturated/α-hetero) is 1. The molecule has 3 heterocycles. The highest BCUT2D eigenvalue weighted by Crippen LogP contribution is 2.35. The van der Waals surface area contributed by atoms with Crippen molar-refractivity contribution < 1.29 is 33.1 Å². The minimum atomic E-state index is -1.06. The van der Waals surface area contributed by atoms with Gasteiger partial charge in [0.25, 0.3) is 11.8 Å². The Balaban J connectivity index is 1.33. The number of amides is 2. The molecule has 3 N–H and O–H groups in total. The highest BCUT2D eigenvalue weighted by molar-refractivity contribution is 7.09. The number of fused-ring (bicyclic) bond motifs is 2. The summed E-state index contributed by atoms with van der Waals surface area (Å²) in [7, 11) is 0. The molecule has 0 bridgehead atoms. The van der Waals surface area contributed by atoms with Gasteiger partial charge in [0.15, 0.2) is 23.1 Å². The van der Waals surface area contributed by atoms with Crippen LogP contribution in [0.15, 0.2) is 54.2 Å². The zero-order valence-electron chi connectivity index (χ0n) is 23.6. The number of thiazole rings is 1. The van der Waals surface area contributed by atoms with Gasteiger partial charge in [0, 0.05) is 24.2 Å². The molecular weight excluding hydrogens is 606 g/mol. The first-order chi connectivity index (χ1) is 21.6. The van der Waals surface area contributed by atoms with Gasteiger partial charge in [-0.3, -0.25) is 14.4 Å². The molecule has 2 aromatic carbocycles. The minimum Gasteiger partial charge on any atom is -0.478 e. The second-order valence-corrected chi connectivity index (χ2v) is 11.4. The smallest absolute Gasteiger partial charge is 0.335 e. The summed E-state index contributed by atoms with van der Waals surface area (Å²) in [6, 6.07) is 7.21. The molecule has 0 saturated heterocycles. The Morgan fingerprint density at radius 3 is 2.62 bits per heavy atom. The summed E-state index contributed by atoms with van der Waals surface area (Å²) in [5.74, 6) is -4.81. The number of carboxylic acids is 1. The van der Waals surface area contributed by atoms with Crippen molar-refractivity contribution in [3.8, 4) is 0 Å². The Hall–Kier alpha value is -5.37.